The molecule has 17 heavy (non-hydrogen) atoms. The van der Waals surface area contributed by atoms with E-state index in [4.69, 9.17) is 11.2 Å². The van der Waals surface area contributed by atoms with Crippen LogP contribution in [0.25, 0.3) is 0 Å². The molecule has 3 nitrogen and oxygen atoms in total. The Hall–Kier alpha value is -0.560. The summed E-state index contributed by atoms with van der Waals surface area (Å²) in [5, 5.41) is 9.89. The summed E-state index contributed by atoms with van der Waals surface area (Å²) in [5.41, 5.74) is -0.586. The third kappa shape index (κ3) is 5.54. The molecule has 1 N–H and O–H groups in total. The molecule has 0 aromatic rings. The van der Waals surface area contributed by atoms with Crippen molar-refractivity contribution in [3.63, 3.8) is 0 Å². The van der Waals surface area contributed by atoms with Gasteiger partial charge in [0.15, 0.2) is 0 Å². The van der Waals surface area contributed by atoms with Gasteiger partial charge in [0.25, 0.3) is 0 Å². The quantitative estimate of drug-likeness (QED) is 0.738. The fraction of sp³-hybridized carbons (Fsp3) is 0.857. The smallest absolute Gasteiger partial charge is 0.122 e. The maximum Gasteiger partial charge on any atom is 0.122 e. The Kier molecular flexibility index (Phi) is 5.45. The molecule has 1 unspecified atom stereocenters. The predicted molar refractivity (Wildman–Crippen MR) is 69.7 cm³/mol. The maximum absolute atomic E-state index is 9.89. The Morgan fingerprint density at radius 2 is 2.06 bits per heavy atom. The molecular weight excluding hydrogens is 214 g/mol. The van der Waals surface area contributed by atoms with E-state index in [9.17, 15) is 5.11 Å². The summed E-state index contributed by atoms with van der Waals surface area (Å²) in [6.07, 6.45) is 7.33. The van der Waals surface area contributed by atoms with Crippen LogP contribution in [0, 0.1) is 18.3 Å². The molecule has 1 aliphatic rings. The molecule has 1 heterocycles. The van der Waals surface area contributed by atoms with Crippen molar-refractivity contribution in [1.82, 2.24) is 4.90 Å². The number of nitrogens with zero attached hydrogens (tertiary/aromatic N) is 1. The van der Waals surface area contributed by atoms with Crippen molar-refractivity contribution in [2.45, 2.75) is 45.3 Å². The number of ether oxygens (including phenoxy) is 1. The monoisotopic (exact) mass is 239 g/mol. The van der Waals surface area contributed by atoms with Crippen LogP contribution in [-0.4, -0.2) is 48.0 Å². The van der Waals surface area contributed by atoms with Crippen molar-refractivity contribution in [3.05, 3.63) is 0 Å². The third-order valence-electron chi connectivity index (χ3n) is 3.33. The first-order valence-electron chi connectivity index (χ1n) is 6.45. The van der Waals surface area contributed by atoms with Gasteiger partial charge in [0.2, 0.25) is 0 Å². The van der Waals surface area contributed by atoms with Crippen LogP contribution in [0.3, 0.4) is 0 Å². The highest BCUT2D eigenvalue weighted by Gasteiger charge is 2.20. The number of likely N-dealkylation sites (tertiary alicyclic amines) is 1. The van der Waals surface area contributed by atoms with E-state index in [0.29, 0.717) is 13.2 Å². The van der Waals surface area contributed by atoms with E-state index in [0.717, 1.165) is 19.0 Å². The number of piperidine rings is 1. The first kappa shape index (κ1) is 14.5. The van der Waals surface area contributed by atoms with E-state index in [1.807, 2.05) is 13.8 Å². The van der Waals surface area contributed by atoms with Gasteiger partial charge in [0, 0.05) is 6.54 Å². The first-order chi connectivity index (χ1) is 7.93. The molecule has 0 spiro atoms. The lowest BCUT2D eigenvalue weighted by molar-refractivity contribution is -0.0395. The largest absolute Gasteiger partial charge is 0.389 e. The molecule has 0 amide bonds. The normalized spacial score (nSPS) is 21.1. The van der Waals surface area contributed by atoms with E-state index >= 15 is 0 Å². The summed E-state index contributed by atoms with van der Waals surface area (Å²) in [6, 6.07) is 0. The summed E-state index contributed by atoms with van der Waals surface area (Å²) in [4.78, 5) is 2.30. The van der Waals surface area contributed by atoms with E-state index in [1.54, 1.807) is 0 Å². The average molecular weight is 239 g/mol. The summed E-state index contributed by atoms with van der Waals surface area (Å²) in [5.74, 6) is 3.38. The van der Waals surface area contributed by atoms with Crippen LogP contribution in [0.1, 0.15) is 33.6 Å². The molecule has 3 heteroatoms. The van der Waals surface area contributed by atoms with Gasteiger partial charge >= 0.3 is 0 Å². The SMILES string of the molecule is C#CC(C)(C)OCC(O)CN1CCC(C)CC1. The van der Waals surface area contributed by atoms with E-state index in [1.165, 1.54) is 12.8 Å². The second-order valence-electron chi connectivity index (χ2n) is 5.60. The van der Waals surface area contributed by atoms with E-state index < -0.39 is 11.7 Å². The van der Waals surface area contributed by atoms with Gasteiger partial charge in [-0.2, -0.15) is 0 Å². The average Bonchev–Trinajstić information content (AvgIpc) is 2.30. The first-order valence-corrected chi connectivity index (χ1v) is 6.45. The summed E-state index contributed by atoms with van der Waals surface area (Å²) in [6.45, 7) is 9.11. The fourth-order valence-electron chi connectivity index (χ4n) is 1.94. The van der Waals surface area contributed by atoms with Crippen LogP contribution in [0.2, 0.25) is 0 Å². The summed E-state index contributed by atoms with van der Waals surface area (Å²) in [7, 11) is 0. The molecule has 1 atom stereocenters. The van der Waals surface area contributed by atoms with Crippen molar-refractivity contribution >= 4 is 0 Å². The molecule has 0 aromatic carbocycles. The molecule has 0 aromatic heterocycles. The van der Waals surface area contributed by atoms with E-state index in [-0.39, 0.29) is 0 Å². The minimum atomic E-state index is -0.586. The van der Waals surface area contributed by atoms with Crippen LogP contribution in [-0.2, 0) is 4.74 Å². The van der Waals surface area contributed by atoms with Gasteiger partial charge in [-0.1, -0.05) is 12.8 Å². The fourth-order valence-corrected chi connectivity index (χ4v) is 1.94. The Labute approximate surface area is 105 Å². The zero-order valence-corrected chi connectivity index (χ0v) is 11.3. The van der Waals surface area contributed by atoms with Gasteiger partial charge < -0.3 is 14.7 Å². The molecule has 1 saturated heterocycles. The number of hydrogen-bond donors (Lipinski definition) is 1. The van der Waals surface area contributed by atoms with E-state index in [2.05, 4.69) is 17.7 Å². The minimum Gasteiger partial charge on any atom is -0.389 e. The number of hydrogen-bond acceptors (Lipinski definition) is 3. The molecule has 0 radical (unpaired) electrons. The van der Waals surface area contributed by atoms with Crippen molar-refractivity contribution in [3.8, 4) is 12.3 Å². The highest BCUT2D eigenvalue weighted by Crippen LogP contribution is 2.16. The lowest BCUT2D eigenvalue weighted by Crippen LogP contribution is -2.41. The molecule has 1 fully saturated rings. The van der Waals surface area contributed by atoms with Gasteiger partial charge in [0.05, 0.1) is 12.7 Å². The number of rotatable bonds is 5. The number of terminal acetylenes is 1. The van der Waals surface area contributed by atoms with Gasteiger partial charge in [0.1, 0.15) is 5.60 Å². The van der Waals surface area contributed by atoms with Gasteiger partial charge in [-0.05, 0) is 45.7 Å². The topological polar surface area (TPSA) is 32.7 Å². The zero-order chi connectivity index (χ0) is 12.9. The molecular formula is C14H25NO2. The molecule has 0 saturated carbocycles. The van der Waals surface area contributed by atoms with Crippen LogP contribution in [0.15, 0.2) is 0 Å². The number of aliphatic hydroxyl groups is 1. The zero-order valence-electron chi connectivity index (χ0n) is 11.3. The molecule has 0 aliphatic carbocycles. The Bertz CT molecular complexity index is 262. The van der Waals surface area contributed by atoms with Crippen molar-refractivity contribution in [2.75, 3.05) is 26.2 Å². The highest BCUT2D eigenvalue weighted by atomic mass is 16.5. The predicted octanol–water partition coefficient (Wildman–Crippen LogP) is 1.51. The van der Waals surface area contributed by atoms with Crippen LogP contribution >= 0.6 is 0 Å². The summed E-state index contributed by atoms with van der Waals surface area (Å²) < 4.78 is 5.49. The second-order valence-corrected chi connectivity index (χ2v) is 5.60. The molecule has 0 bridgehead atoms. The molecule has 98 valence electrons. The standard InChI is InChI=1S/C14H25NO2/c1-5-14(3,4)17-11-13(16)10-15-8-6-12(2)7-9-15/h1,12-13,16H,6-11H2,2-4H3. The van der Waals surface area contributed by atoms with Crippen molar-refractivity contribution in [2.24, 2.45) is 5.92 Å². The Balaban J connectivity index is 2.21. The van der Waals surface area contributed by atoms with Crippen LogP contribution in [0.5, 0.6) is 0 Å². The van der Waals surface area contributed by atoms with Crippen molar-refractivity contribution < 1.29 is 9.84 Å². The lowest BCUT2D eigenvalue weighted by Gasteiger charge is -2.32. The van der Waals surface area contributed by atoms with Gasteiger partial charge in [-0.25, -0.2) is 0 Å². The number of β-amino-alcohol motifs (C(OH)–C–C–N with tert-alkyl or cyclic N) is 1. The molecule has 1 rings (SSSR count). The lowest BCUT2D eigenvalue weighted by atomic mass is 9.99. The third-order valence-corrected chi connectivity index (χ3v) is 3.33. The minimum absolute atomic E-state index is 0.309. The molecule has 1 aliphatic heterocycles. The summed E-state index contributed by atoms with van der Waals surface area (Å²) >= 11 is 0. The Morgan fingerprint density at radius 3 is 2.59 bits per heavy atom. The maximum atomic E-state index is 9.89. The van der Waals surface area contributed by atoms with Crippen molar-refractivity contribution in [1.29, 1.82) is 0 Å². The van der Waals surface area contributed by atoms with Gasteiger partial charge in [-0.15, -0.1) is 6.42 Å². The number of aliphatic hydroxyl groups excluding tert-OH is 1. The van der Waals surface area contributed by atoms with Crippen LogP contribution < -0.4 is 0 Å². The van der Waals surface area contributed by atoms with Crippen LogP contribution in [0.4, 0.5) is 0 Å². The highest BCUT2D eigenvalue weighted by molar-refractivity contribution is 5.02. The Morgan fingerprint density at radius 1 is 1.47 bits per heavy atom. The van der Waals surface area contributed by atoms with Gasteiger partial charge in [-0.3, -0.25) is 0 Å². The second kappa shape index (κ2) is 6.39.